The van der Waals surface area contributed by atoms with Crippen LogP contribution in [0.2, 0.25) is 5.02 Å². The van der Waals surface area contributed by atoms with Gasteiger partial charge in [-0.3, -0.25) is 0 Å². The summed E-state index contributed by atoms with van der Waals surface area (Å²) in [6, 6.07) is 12.6. The number of rotatable bonds is 5. The predicted octanol–water partition coefficient (Wildman–Crippen LogP) is 2.43. The predicted molar refractivity (Wildman–Crippen MR) is 98.9 cm³/mol. The third kappa shape index (κ3) is 4.25. The quantitative estimate of drug-likeness (QED) is 0.723. The van der Waals surface area contributed by atoms with Gasteiger partial charge >= 0.3 is 0 Å². The minimum Gasteiger partial charge on any atom is -0.497 e. The van der Waals surface area contributed by atoms with Gasteiger partial charge in [0.1, 0.15) is 42.9 Å². The number of ether oxygens (including phenoxy) is 2. The van der Waals surface area contributed by atoms with Crippen LogP contribution in [0.25, 0.3) is 0 Å². The molecule has 0 bridgehead atoms. The molecule has 0 unspecified atom stereocenters. The van der Waals surface area contributed by atoms with E-state index in [2.05, 4.69) is 0 Å². The van der Waals surface area contributed by atoms with E-state index >= 15 is 0 Å². The highest BCUT2D eigenvalue weighted by Gasteiger charge is 2.44. The molecular formula is C20H22ClFO5. The van der Waals surface area contributed by atoms with Crippen molar-refractivity contribution in [2.24, 2.45) is 0 Å². The first-order chi connectivity index (χ1) is 12.9. The Morgan fingerprint density at radius 2 is 1.74 bits per heavy atom. The molecule has 0 spiro atoms. The normalized spacial score (nSPS) is 28.1. The van der Waals surface area contributed by atoms with Crippen LogP contribution in [0.1, 0.15) is 22.8 Å². The third-order valence-corrected chi connectivity index (χ3v) is 5.19. The molecule has 2 aromatic carbocycles. The minimum atomic E-state index is -1.50. The number of hydrogen-bond acceptors (Lipinski definition) is 5. The fourth-order valence-corrected chi connectivity index (χ4v) is 3.41. The van der Waals surface area contributed by atoms with Gasteiger partial charge in [0.2, 0.25) is 0 Å². The highest BCUT2D eigenvalue weighted by Crippen LogP contribution is 2.34. The molecule has 1 aliphatic rings. The molecule has 27 heavy (non-hydrogen) atoms. The van der Waals surface area contributed by atoms with E-state index in [9.17, 15) is 19.7 Å². The Morgan fingerprint density at radius 1 is 1.04 bits per heavy atom. The summed E-state index contributed by atoms with van der Waals surface area (Å²) < 4.78 is 23.7. The lowest BCUT2D eigenvalue weighted by Crippen LogP contribution is -2.54. The van der Waals surface area contributed by atoms with Crippen LogP contribution < -0.4 is 4.74 Å². The molecule has 2 aromatic rings. The van der Waals surface area contributed by atoms with E-state index in [1.807, 2.05) is 24.3 Å². The molecule has 0 saturated carbocycles. The standard InChI is InChI=1S/C20H22ClFO5/c1-26-14-5-2-11(3-6-14)8-13-9-12(4-7-15(13)21)20-19(25)18(24)17(23)16(10-22)27-20/h2-7,9,16-20,23-25H,8,10H2,1H3/t16-,17-,18+,19-,20+/m1/s1. The van der Waals surface area contributed by atoms with Gasteiger partial charge < -0.3 is 24.8 Å². The van der Waals surface area contributed by atoms with Gasteiger partial charge in [-0.15, -0.1) is 0 Å². The highest BCUT2D eigenvalue weighted by atomic mass is 35.5. The molecule has 146 valence electrons. The first kappa shape index (κ1) is 20.0. The summed E-state index contributed by atoms with van der Waals surface area (Å²) in [4.78, 5) is 0. The van der Waals surface area contributed by atoms with Crippen molar-refractivity contribution < 1.29 is 29.2 Å². The zero-order valence-corrected chi connectivity index (χ0v) is 15.5. The average Bonchev–Trinajstić information content (AvgIpc) is 2.69. The van der Waals surface area contributed by atoms with E-state index in [4.69, 9.17) is 21.1 Å². The first-order valence-electron chi connectivity index (χ1n) is 8.61. The van der Waals surface area contributed by atoms with Gasteiger partial charge in [0.15, 0.2) is 0 Å². The number of alkyl halides is 1. The van der Waals surface area contributed by atoms with E-state index in [1.165, 1.54) is 0 Å². The van der Waals surface area contributed by atoms with Gasteiger partial charge in [0.05, 0.1) is 7.11 Å². The van der Waals surface area contributed by atoms with Crippen molar-refractivity contribution >= 4 is 11.6 Å². The largest absolute Gasteiger partial charge is 0.497 e. The topological polar surface area (TPSA) is 79.2 Å². The van der Waals surface area contributed by atoms with Gasteiger partial charge in [-0.05, 0) is 41.3 Å². The zero-order chi connectivity index (χ0) is 19.6. The second-order valence-electron chi connectivity index (χ2n) is 6.60. The SMILES string of the molecule is COc1ccc(Cc2cc([C@@H]3O[C@H](CF)[C@@H](O)[C@H](O)[C@H]3O)ccc2Cl)cc1. The summed E-state index contributed by atoms with van der Waals surface area (Å²) in [5.41, 5.74) is 2.37. The molecule has 0 amide bonds. The summed E-state index contributed by atoms with van der Waals surface area (Å²) in [6.45, 7) is -0.965. The Kier molecular flexibility index (Phi) is 6.34. The van der Waals surface area contributed by atoms with Crippen molar-refractivity contribution in [3.8, 4) is 5.75 Å². The lowest BCUT2D eigenvalue weighted by Gasteiger charge is -2.40. The number of aliphatic hydroxyl groups excluding tert-OH is 3. The molecule has 0 aliphatic carbocycles. The van der Waals surface area contributed by atoms with Crippen LogP contribution in [0, 0.1) is 0 Å². The third-order valence-electron chi connectivity index (χ3n) is 4.82. The monoisotopic (exact) mass is 396 g/mol. The molecule has 1 heterocycles. The molecule has 1 aliphatic heterocycles. The summed E-state index contributed by atoms with van der Waals surface area (Å²) >= 11 is 6.31. The molecule has 0 aromatic heterocycles. The van der Waals surface area contributed by atoms with Crippen LogP contribution >= 0.6 is 11.6 Å². The Morgan fingerprint density at radius 3 is 2.37 bits per heavy atom. The second kappa shape index (κ2) is 8.54. The molecular weight excluding hydrogens is 375 g/mol. The zero-order valence-electron chi connectivity index (χ0n) is 14.8. The van der Waals surface area contributed by atoms with E-state index in [-0.39, 0.29) is 0 Å². The number of methoxy groups -OCH3 is 1. The first-order valence-corrected chi connectivity index (χ1v) is 8.99. The maximum absolute atomic E-state index is 13.1. The summed E-state index contributed by atoms with van der Waals surface area (Å²) in [7, 11) is 1.60. The van der Waals surface area contributed by atoms with Crippen LogP contribution in [-0.2, 0) is 11.2 Å². The van der Waals surface area contributed by atoms with E-state index in [1.54, 1.807) is 25.3 Å². The molecule has 0 radical (unpaired) electrons. The Bertz CT molecular complexity index is 767. The van der Waals surface area contributed by atoms with E-state index in [0.29, 0.717) is 17.0 Å². The molecule has 5 atom stereocenters. The van der Waals surface area contributed by atoms with Crippen molar-refractivity contribution in [2.45, 2.75) is 36.9 Å². The van der Waals surface area contributed by atoms with Crippen LogP contribution in [-0.4, -0.2) is 53.5 Å². The molecule has 1 saturated heterocycles. The molecule has 1 fully saturated rings. The lowest BCUT2D eigenvalue weighted by molar-refractivity contribution is -0.227. The van der Waals surface area contributed by atoms with Gasteiger partial charge in [0, 0.05) is 5.02 Å². The van der Waals surface area contributed by atoms with Crippen molar-refractivity contribution in [1.82, 2.24) is 0 Å². The van der Waals surface area contributed by atoms with Crippen LogP contribution in [0.4, 0.5) is 4.39 Å². The van der Waals surface area contributed by atoms with E-state index < -0.39 is 37.2 Å². The van der Waals surface area contributed by atoms with Crippen molar-refractivity contribution in [3.63, 3.8) is 0 Å². The van der Waals surface area contributed by atoms with Gasteiger partial charge in [-0.1, -0.05) is 35.9 Å². The van der Waals surface area contributed by atoms with Crippen LogP contribution in [0.5, 0.6) is 5.75 Å². The number of benzene rings is 2. The number of hydrogen-bond donors (Lipinski definition) is 3. The number of halogens is 2. The highest BCUT2D eigenvalue weighted by molar-refractivity contribution is 6.31. The molecule has 7 heteroatoms. The van der Waals surface area contributed by atoms with Gasteiger partial charge in [-0.25, -0.2) is 4.39 Å². The fraction of sp³-hybridized carbons (Fsp3) is 0.400. The summed E-state index contributed by atoms with van der Waals surface area (Å²) in [6.07, 6.45) is -5.97. The van der Waals surface area contributed by atoms with Crippen molar-refractivity contribution in [3.05, 3.63) is 64.2 Å². The number of aliphatic hydroxyl groups is 3. The maximum atomic E-state index is 13.1. The Labute approximate surface area is 161 Å². The van der Waals surface area contributed by atoms with Crippen LogP contribution in [0.15, 0.2) is 42.5 Å². The van der Waals surface area contributed by atoms with Gasteiger partial charge in [-0.2, -0.15) is 0 Å². The maximum Gasteiger partial charge on any atom is 0.118 e. The Hall–Kier alpha value is -1.70. The lowest BCUT2D eigenvalue weighted by atomic mass is 9.90. The molecule has 3 N–H and O–H groups in total. The Balaban J connectivity index is 1.85. The molecule has 5 nitrogen and oxygen atoms in total. The van der Waals surface area contributed by atoms with Crippen LogP contribution in [0.3, 0.4) is 0 Å². The molecule has 3 rings (SSSR count). The minimum absolute atomic E-state index is 0.539. The summed E-state index contributed by atoms with van der Waals surface area (Å²) in [5.74, 6) is 0.752. The average molecular weight is 397 g/mol. The second-order valence-corrected chi connectivity index (χ2v) is 7.00. The fourth-order valence-electron chi connectivity index (χ4n) is 3.22. The summed E-state index contributed by atoms with van der Waals surface area (Å²) in [5, 5.41) is 30.6. The van der Waals surface area contributed by atoms with Gasteiger partial charge in [0.25, 0.3) is 0 Å². The van der Waals surface area contributed by atoms with Crippen molar-refractivity contribution in [1.29, 1.82) is 0 Å². The van der Waals surface area contributed by atoms with Crippen molar-refractivity contribution in [2.75, 3.05) is 13.8 Å². The van der Waals surface area contributed by atoms with E-state index in [0.717, 1.165) is 16.9 Å². The smallest absolute Gasteiger partial charge is 0.118 e.